The van der Waals surface area contributed by atoms with Gasteiger partial charge in [0.25, 0.3) is 10.0 Å². The van der Waals surface area contributed by atoms with Crippen molar-refractivity contribution in [2.75, 3.05) is 26.2 Å². The molecule has 7 heteroatoms. The molecule has 118 valence electrons. The topological polar surface area (TPSA) is 67.2 Å². The first-order chi connectivity index (χ1) is 9.97. The van der Waals surface area contributed by atoms with E-state index in [1.54, 1.807) is 10.5 Å². The monoisotopic (exact) mass is 312 g/mol. The summed E-state index contributed by atoms with van der Waals surface area (Å²) in [5.41, 5.74) is 0.181. The molecule has 1 aromatic rings. The summed E-state index contributed by atoms with van der Waals surface area (Å²) in [4.78, 5) is 4.25. The Kier molecular flexibility index (Phi) is 3.83. The molecule has 3 heterocycles. The van der Waals surface area contributed by atoms with Gasteiger partial charge < -0.3 is 9.88 Å². The van der Waals surface area contributed by atoms with E-state index in [4.69, 9.17) is 0 Å². The maximum Gasteiger partial charge on any atom is 0.262 e. The van der Waals surface area contributed by atoms with Crippen molar-refractivity contribution in [1.29, 1.82) is 0 Å². The second-order valence-electron chi connectivity index (χ2n) is 6.25. The minimum Gasteiger partial charge on any atom is -0.334 e. The van der Waals surface area contributed by atoms with Gasteiger partial charge in [0.15, 0.2) is 5.03 Å². The molecule has 1 aromatic heterocycles. The number of rotatable bonds is 3. The zero-order chi connectivity index (χ0) is 15.1. The summed E-state index contributed by atoms with van der Waals surface area (Å²) in [5.74, 6) is 0.756. The molecule has 0 aliphatic carbocycles. The van der Waals surface area contributed by atoms with Gasteiger partial charge in [-0.1, -0.05) is 0 Å². The van der Waals surface area contributed by atoms with Gasteiger partial charge in [-0.15, -0.1) is 0 Å². The number of imidazole rings is 1. The van der Waals surface area contributed by atoms with E-state index in [-0.39, 0.29) is 10.4 Å². The molecule has 3 rings (SSSR count). The van der Waals surface area contributed by atoms with E-state index in [2.05, 4.69) is 10.3 Å². The highest BCUT2D eigenvalue weighted by atomic mass is 32.2. The quantitative estimate of drug-likeness (QED) is 0.903. The lowest BCUT2D eigenvalue weighted by Gasteiger charge is -2.33. The molecule has 1 spiro atoms. The number of nitrogens with one attached hydrogen (secondary N) is 1. The number of hydrogen-bond acceptors (Lipinski definition) is 4. The van der Waals surface area contributed by atoms with Gasteiger partial charge in [0.05, 0.1) is 0 Å². The van der Waals surface area contributed by atoms with E-state index < -0.39 is 10.0 Å². The number of aromatic nitrogens is 2. The predicted octanol–water partition coefficient (Wildman–Crippen LogP) is 0.976. The Balaban J connectivity index is 1.82. The molecule has 2 fully saturated rings. The average Bonchev–Trinajstić information content (AvgIpc) is 3.05. The third-order valence-electron chi connectivity index (χ3n) is 4.97. The zero-order valence-corrected chi connectivity index (χ0v) is 13.6. The van der Waals surface area contributed by atoms with E-state index in [0.29, 0.717) is 13.1 Å². The fourth-order valence-corrected chi connectivity index (χ4v) is 5.07. The number of piperidine rings is 1. The van der Waals surface area contributed by atoms with Crippen LogP contribution < -0.4 is 5.32 Å². The minimum absolute atomic E-state index is 0.181. The summed E-state index contributed by atoms with van der Waals surface area (Å²) in [6.45, 7) is 7.85. The molecule has 0 radical (unpaired) electrons. The molecule has 0 saturated carbocycles. The van der Waals surface area contributed by atoms with Gasteiger partial charge in [-0.2, -0.15) is 4.31 Å². The van der Waals surface area contributed by atoms with E-state index in [1.807, 2.05) is 18.4 Å². The number of hydrogen-bond donors (Lipinski definition) is 1. The minimum atomic E-state index is -3.44. The van der Waals surface area contributed by atoms with Crippen molar-refractivity contribution in [3.05, 3.63) is 12.0 Å². The first-order valence-corrected chi connectivity index (χ1v) is 9.15. The third-order valence-corrected chi connectivity index (χ3v) is 6.68. The smallest absolute Gasteiger partial charge is 0.262 e. The number of sulfonamides is 1. The van der Waals surface area contributed by atoms with Crippen LogP contribution in [0.3, 0.4) is 0 Å². The highest BCUT2D eigenvalue weighted by Gasteiger charge is 2.43. The molecule has 21 heavy (non-hydrogen) atoms. The summed E-state index contributed by atoms with van der Waals surface area (Å²) >= 11 is 0. The Morgan fingerprint density at radius 3 is 2.67 bits per heavy atom. The summed E-state index contributed by atoms with van der Waals surface area (Å²) in [6, 6.07) is 0. The number of aryl methyl sites for hydroxylation is 2. The molecule has 6 nitrogen and oxygen atoms in total. The molecular formula is C14H24N4O2S. The largest absolute Gasteiger partial charge is 0.334 e. The molecule has 0 unspecified atom stereocenters. The highest BCUT2D eigenvalue weighted by molar-refractivity contribution is 7.89. The molecule has 2 saturated heterocycles. The van der Waals surface area contributed by atoms with Gasteiger partial charge in [-0.25, -0.2) is 13.4 Å². The molecule has 0 bridgehead atoms. The van der Waals surface area contributed by atoms with Gasteiger partial charge >= 0.3 is 0 Å². The van der Waals surface area contributed by atoms with Crippen LogP contribution in [0.25, 0.3) is 0 Å². The molecule has 0 atom stereocenters. The van der Waals surface area contributed by atoms with E-state index in [9.17, 15) is 8.42 Å². The third kappa shape index (κ3) is 2.62. The Morgan fingerprint density at radius 1 is 1.33 bits per heavy atom. The summed E-state index contributed by atoms with van der Waals surface area (Å²) < 4.78 is 29.1. The molecule has 1 N–H and O–H groups in total. The first-order valence-electron chi connectivity index (χ1n) is 7.71. The van der Waals surface area contributed by atoms with Gasteiger partial charge in [0.2, 0.25) is 0 Å². The Labute approximate surface area is 126 Å². The van der Waals surface area contributed by atoms with Gasteiger partial charge in [-0.3, -0.25) is 0 Å². The lowest BCUT2D eigenvalue weighted by molar-refractivity contribution is 0.218. The van der Waals surface area contributed by atoms with Crippen molar-refractivity contribution in [3.8, 4) is 0 Å². The fraction of sp³-hybridized carbons (Fsp3) is 0.786. The van der Waals surface area contributed by atoms with Gasteiger partial charge in [0.1, 0.15) is 5.82 Å². The van der Waals surface area contributed by atoms with Gasteiger partial charge in [0, 0.05) is 25.8 Å². The predicted molar refractivity (Wildman–Crippen MR) is 80.6 cm³/mol. The van der Waals surface area contributed by atoms with Crippen LogP contribution in [0.1, 0.15) is 32.0 Å². The first kappa shape index (κ1) is 15.0. The van der Waals surface area contributed by atoms with Gasteiger partial charge in [-0.05, 0) is 51.6 Å². The Hall–Kier alpha value is -0.920. The van der Waals surface area contributed by atoms with E-state index in [0.717, 1.165) is 44.7 Å². The normalized spacial score (nSPS) is 23.0. The Bertz CT molecular complexity index is 617. The summed E-state index contributed by atoms with van der Waals surface area (Å²) in [6.07, 6.45) is 4.78. The maximum absolute atomic E-state index is 12.8. The fourth-order valence-electron chi connectivity index (χ4n) is 3.52. The molecule has 0 amide bonds. The van der Waals surface area contributed by atoms with Crippen LogP contribution in [0.5, 0.6) is 0 Å². The summed E-state index contributed by atoms with van der Waals surface area (Å²) in [5, 5.41) is 3.56. The van der Waals surface area contributed by atoms with Crippen molar-refractivity contribution in [1.82, 2.24) is 19.2 Å². The van der Waals surface area contributed by atoms with E-state index >= 15 is 0 Å². The Morgan fingerprint density at radius 2 is 2.05 bits per heavy atom. The van der Waals surface area contributed by atoms with Crippen molar-refractivity contribution >= 4 is 10.0 Å². The van der Waals surface area contributed by atoms with Crippen LogP contribution in [0.4, 0.5) is 0 Å². The summed E-state index contributed by atoms with van der Waals surface area (Å²) in [7, 11) is -3.44. The van der Waals surface area contributed by atoms with Crippen LogP contribution in [0.15, 0.2) is 11.2 Å². The van der Waals surface area contributed by atoms with Crippen LogP contribution >= 0.6 is 0 Å². The lowest BCUT2D eigenvalue weighted by Crippen LogP contribution is -2.39. The highest BCUT2D eigenvalue weighted by Crippen LogP contribution is 2.40. The molecule has 0 aromatic carbocycles. The van der Waals surface area contributed by atoms with E-state index in [1.165, 1.54) is 0 Å². The van der Waals surface area contributed by atoms with Crippen LogP contribution in [-0.4, -0.2) is 48.5 Å². The standard InChI is InChI=1S/C14H24N4O2S/c1-3-17-10-13(16-12(17)2)21(19,20)18-9-6-14(11-18)4-7-15-8-5-14/h10,15H,3-9,11H2,1-2H3. The maximum atomic E-state index is 12.8. The van der Waals surface area contributed by atoms with Crippen LogP contribution in [0.2, 0.25) is 0 Å². The second kappa shape index (κ2) is 5.37. The van der Waals surface area contributed by atoms with Crippen LogP contribution in [-0.2, 0) is 16.6 Å². The second-order valence-corrected chi connectivity index (χ2v) is 8.14. The molecule has 2 aliphatic heterocycles. The zero-order valence-electron chi connectivity index (χ0n) is 12.8. The van der Waals surface area contributed by atoms with Crippen molar-refractivity contribution in [2.24, 2.45) is 5.41 Å². The number of nitrogens with zero attached hydrogens (tertiary/aromatic N) is 3. The average molecular weight is 312 g/mol. The lowest BCUT2D eigenvalue weighted by atomic mass is 9.78. The molecular weight excluding hydrogens is 288 g/mol. The van der Waals surface area contributed by atoms with Crippen molar-refractivity contribution in [2.45, 2.75) is 44.7 Å². The SMILES string of the molecule is CCn1cc(S(=O)(=O)N2CCC3(CCNCC3)C2)nc1C. The van der Waals surface area contributed by atoms with Crippen molar-refractivity contribution in [3.63, 3.8) is 0 Å². The molecule has 2 aliphatic rings. The van der Waals surface area contributed by atoms with Crippen LogP contribution in [0, 0.1) is 12.3 Å². The van der Waals surface area contributed by atoms with Crippen molar-refractivity contribution < 1.29 is 8.42 Å².